The van der Waals surface area contributed by atoms with E-state index >= 15 is 0 Å². The number of rotatable bonds is 0. The van der Waals surface area contributed by atoms with Crippen LogP contribution < -0.4 is 37.1 Å². The van der Waals surface area contributed by atoms with Gasteiger partial charge in [-0.15, -0.1) is 0 Å². The van der Waals surface area contributed by atoms with Crippen LogP contribution >= 0.6 is 0 Å². The van der Waals surface area contributed by atoms with Crippen molar-refractivity contribution in [1.82, 2.24) is 12.3 Å². The van der Waals surface area contributed by atoms with Gasteiger partial charge in [-0.2, -0.15) is 0 Å². The minimum absolute atomic E-state index is 0. The van der Waals surface area contributed by atoms with Crippen LogP contribution in [0, 0.1) is 0 Å². The second-order valence-corrected chi connectivity index (χ2v) is 3.67. The van der Waals surface area contributed by atoms with E-state index in [1.165, 1.54) is 0 Å². The number of hydrogen-bond donors (Lipinski definition) is 2. The molecule has 22 heavy (non-hydrogen) atoms. The summed E-state index contributed by atoms with van der Waals surface area (Å²) in [5.41, 5.74) is 0. The predicted octanol–water partition coefficient (Wildman–Crippen LogP) is -9.26. The molecular weight excluding hydrogens is 555 g/mol. The van der Waals surface area contributed by atoms with Gasteiger partial charge in [0.25, 0.3) is 0 Å². The SMILES string of the molecule is O=S(=O)([O-])[O-].O=S(=O)([O-])[O-].O=S(=O)([O-])[O-].[Cl-].[Cl-].[Fe+2].[Fe+2].[Fe+2].[NH4+].[NH4+]. The first-order valence-corrected chi connectivity index (χ1v) is 6.00. The fourth-order valence-corrected chi connectivity index (χ4v) is 0. The maximum absolute atomic E-state index is 8.52. The monoisotopic (exact) mass is 562 g/mol. The molecule has 8 N–H and O–H groups in total. The van der Waals surface area contributed by atoms with E-state index in [9.17, 15) is 0 Å². The zero-order valence-electron chi connectivity index (χ0n) is 9.94. The van der Waals surface area contributed by atoms with Gasteiger partial charge in [-0.25, -0.2) is 0 Å². The third-order valence-electron chi connectivity index (χ3n) is 0. The van der Waals surface area contributed by atoms with Gasteiger partial charge in [0.2, 0.25) is 0 Å². The molecule has 0 unspecified atom stereocenters. The van der Waals surface area contributed by atoms with Gasteiger partial charge in [-0.3, -0.25) is 25.3 Å². The van der Waals surface area contributed by atoms with Crippen molar-refractivity contribution in [3.05, 3.63) is 0 Å². The zero-order valence-corrected chi connectivity index (χ0v) is 17.2. The molecular formula is H8Cl2Fe3N2O12S3. The molecule has 0 amide bonds. The van der Waals surface area contributed by atoms with Gasteiger partial charge in [0.1, 0.15) is 0 Å². The molecule has 0 saturated carbocycles. The van der Waals surface area contributed by atoms with Crippen LogP contribution in [-0.4, -0.2) is 52.6 Å². The summed E-state index contributed by atoms with van der Waals surface area (Å²) < 4.78 is 102. The summed E-state index contributed by atoms with van der Waals surface area (Å²) in [6, 6.07) is 0. The van der Waals surface area contributed by atoms with E-state index in [2.05, 4.69) is 0 Å². The molecule has 146 valence electrons. The van der Waals surface area contributed by atoms with Crippen LogP contribution in [0.5, 0.6) is 0 Å². The first-order chi connectivity index (χ1) is 6.00. The number of quaternary nitrogens is 2. The van der Waals surface area contributed by atoms with E-state index in [1.54, 1.807) is 0 Å². The molecule has 0 aromatic heterocycles. The molecule has 0 saturated heterocycles. The Hall–Kier alpha value is 1.67. The van der Waals surface area contributed by atoms with E-state index in [-0.39, 0.29) is 88.3 Å². The van der Waals surface area contributed by atoms with E-state index in [1.807, 2.05) is 0 Å². The molecule has 0 rings (SSSR count). The van der Waals surface area contributed by atoms with Crippen LogP contribution in [0.1, 0.15) is 0 Å². The third kappa shape index (κ3) is 3330. The van der Waals surface area contributed by atoms with Crippen LogP contribution in [0.3, 0.4) is 0 Å². The minimum atomic E-state index is -5.17. The van der Waals surface area contributed by atoms with E-state index in [0.717, 1.165) is 0 Å². The van der Waals surface area contributed by atoms with Crippen LogP contribution in [0.2, 0.25) is 0 Å². The average Bonchev–Trinajstić information content (AvgIpc) is 1.41. The van der Waals surface area contributed by atoms with Gasteiger partial charge in [-0.05, 0) is 0 Å². The average molecular weight is 563 g/mol. The maximum atomic E-state index is 8.52. The molecule has 0 fully saturated rings. The van der Waals surface area contributed by atoms with E-state index in [0.29, 0.717) is 0 Å². The molecule has 0 radical (unpaired) electrons. The Morgan fingerprint density at radius 2 is 0.409 bits per heavy atom. The summed E-state index contributed by atoms with van der Waals surface area (Å²) in [5.74, 6) is 0. The van der Waals surface area contributed by atoms with Crippen molar-refractivity contribution < 1.29 is 129 Å². The molecule has 0 spiro atoms. The summed E-state index contributed by atoms with van der Waals surface area (Å²) in [6.45, 7) is 0. The zero-order chi connectivity index (χ0) is 13.5. The fourth-order valence-electron chi connectivity index (χ4n) is 0. The Labute approximate surface area is 171 Å². The van der Waals surface area contributed by atoms with Crippen LogP contribution in [0.15, 0.2) is 0 Å². The van der Waals surface area contributed by atoms with Gasteiger partial charge in [0.05, 0.1) is 0 Å². The van der Waals surface area contributed by atoms with Gasteiger partial charge < -0.3 is 64.4 Å². The maximum Gasteiger partial charge on any atom is 2.00 e. The molecule has 0 heterocycles. The number of hydrogen-bond acceptors (Lipinski definition) is 12. The second kappa shape index (κ2) is 27.5. The summed E-state index contributed by atoms with van der Waals surface area (Å²) in [6.07, 6.45) is 0. The molecule has 0 aliphatic heterocycles. The normalized spacial score (nSPS) is 7.91. The van der Waals surface area contributed by atoms with Crippen LogP contribution in [0.4, 0.5) is 0 Å². The number of halogens is 2. The Morgan fingerprint density at radius 1 is 0.409 bits per heavy atom. The Balaban J connectivity index is -0.0000000106. The van der Waals surface area contributed by atoms with Crippen molar-refractivity contribution in [2.45, 2.75) is 0 Å². The summed E-state index contributed by atoms with van der Waals surface area (Å²) in [7, 11) is -15.5. The van der Waals surface area contributed by atoms with Crippen molar-refractivity contribution in [2.75, 3.05) is 0 Å². The third-order valence-corrected chi connectivity index (χ3v) is 0. The molecule has 0 aromatic carbocycles. The first-order valence-electron chi connectivity index (χ1n) is 2.00. The van der Waals surface area contributed by atoms with Crippen molar-refractivity contribution in [1.29, 1.82) is 0 Å². The minimum Gasteiger partial charge on any atom is -1.00 e. The van der Waals surface area contributed by atoms with E-state index in [4.69, 9.17) is 52.6 Å². The van der Waals surface area contributed by atoms with Crippen molar-refractivity contribution in [3.8, 4) is 0 Å². The Kier molecular flexibility index (Phi) is 81.4. The van der Waals surface area contributed by atoms with Gasteiger partial charge in [0.15, 0.2) is 0 Å². The van der Waals surface area contributed by atoms with E-state index < -0.39 is 31.2 Å². The summed E-state index contributed by atoms with van der Waals surface area (Å²) in [5, 5.41) is 0. The molecule has 0 aromatic rings. The molecule has 0 atom stereocenters. The first kappa shape index (κ1) is 65.1. The van der Waals surface area contributed by atoms with Crippen LogP contribution in [-0.2, 0) is 82.4 Å². The summed E-state index contributed by atoms with van der Waals surface area (Å²) in [4.78, 5) is 0. The van der Waals surface area contributed by atoms with Gasteiger partial charge >= 0.3 is 51.2 Å². The second-order valence-electron chi connectivity index (χ2n) is 1.22. The molecule has 22 heteroatoms. The molecule has 0 aliphatic rings. The smallest absolute Gasteiger partial charge is 1.00 e. The summed E-state index contributed by atoms with van der Waals surface area (Å²) >= 11 is 0. The van der Waals surface area contributed by atoms with Crippen molar-refractivity contribution >= 4 is 31.2 Å². The largest absolute Gasteiger partial charge is 2.00 e. The van der Waals surface area contributed by atoms with Crippen molar-refractivity contribution in [3.63, 3.8) is 0 Å². The Morgan fingerprint density at radius 3 is 0.409 bits per heavy atom. The topological polar surface area (TPSA) is 314 Å². The standard InChI is InChI=1S/2ClH.3Fe.2H3N.3H2O4S/c;;;;;;;3*1-5(2,3)4/h2*1H;;;;2*1H3;3*(H2,1,2,3,4)/q;;3*+2;;;;;/p-6. The quantitative estimate of drug-likeness (QED) is 0.158. The fraction of sp³-hybridized carbons (Fsp3) is 0. The molecule has 0 aliphatic carbocycles. The van der Waals surface area contributed by atoms with Crippen molar-refractivity contribution in [2.24, 2.45) is 0 Å². The van der Waals surface area contributed by atoms with Crippen LogP contribution in [0.25, 0.3) is 0 Å². The predicted molar refractivity (Wildman–Crippen MR) is 43.4 cm³/mol. The Bertz CT molecular complexity index is 363. The molecule has 0 bridgehead atoms. The molecule has 14 nitrogen and oxygen atoms in total. The van der Waals surface area contributed by atoms with Gasteiger partial charge in [-0.1, -0.05) is 0 Å². The van der Waals surface area contributed by atoms with Gasteiger partial charge in [0, 0.05) is 31.2 Å².